The molecular weight excluding hydrogens is 354 g/mol. The maximum Gasteiger partial charge on any atom is 0.259 e. The number of morpholine rings is 1. The molecule has 2 heterocycles. The molecule has 26 heavy (non-hydrogen) atoms. The Balaban J connectivity index is 1.90. The fourth-order valence-corrected chi connectivity index (χ4v) is 3.40. The van der Waals surface area contributed by atoms with Crippen molar-refractivity contribution in [2.45, 2.75) is 11.8 Å². The van der Waals surface area contributed by atoms with Crippen LogP contribution in [0.2, 0.25) is 0 Å². The predicted octanol–water partition coefficient (Wildman–Crippen LogP) is 1.88. The molecule has 8 heteroatoms. The number of anilines is 2. The molecule has 1 amide bonds. The number of aryl methyl sites for hydroxylation is 1. The van der Waals surface area contributed by atoms with Gasteiger partial charge in [-0.15, -0.1) is 0 Å². The SMILES string of the molecule is Cc1ccc(S(C)(=O)=O)cc1NC(=O)c1cccnc1N1CCOCC1. The van der Waals surface area contributed by atoms with Crippen LogP contribution in [0, 0.1) is 6.92 Å². The molecule has 1 aromatic carbocycles. The highest BCUT2D eigenvalue weighted by atomic mass is 32.2. The van der Waals surface area contributed by atoms with E-state index in [-0.39, 0.29) is 10.8 Å². The first-order valence-electron chi connectivity index (χ1n) is 8.26. The van der Waals surface area contributed by atoms with Crippen LogP contribution in [0.4, 0.5) is 11.5 Å². The molecule has 1 saturated heterocycles. The first kappa shape index (κ1) is 18.3. The Labute approximate surface area is 152 Å². The summed E-state index contributed by atoms with van der Waals surface area (Å²) in [5.74, 6) is 0.276. The third-order valence-electron chi connectivity index (χ3n) is 4.23. The van der Waals surface area contributed by atoms with Gasteiger partial charge in [0.25, 0.3) is 5.91 Å². The summed E-state index contributed by atoms with van der Waals surface area (Å²) in [6.45, 7) is 4.33. The first-order valence-corrected chi connectivity index (χ1v) is 10.1. The Kier molecular flexibility index (Phi) is 5.24. The number of sulfone groups is 1. The van der Waals surface area contributed by atoms with Gasteiger partial charge in [0.1, 0.15) is 5.82 Å². The normalized spacial score (nSPS) is 14.9. The summed E-state index contributed by atoms with van der Waals surface area (Å²) in [5.41, 5.74) is 1.69. The second-order valence-electron chi connectivity index (χ2n) is 6.18. The maximum atomic E-state index is 12.8. The number of carbonyl (C=O) groups excluding carboxylic acids is 1. The molecule has 1 aliphatic rings. The molecule has 0 atom stereocenters. The molecule has 0 unspecified atom stereocenters. The average molecular weight is 375 g/mol. The van der Waals surface area contributed by atoms with Gasteiger partial charge in [0.2, 0.25) is 0 Å². The summed E-state index contributed by atoms with van der Waals surface area (Å²) in [6.07, 6.45) is 2.79. The number of nitrogens with zero attached hydrogens (tertiary/aromatic N) is 2. The zero-order valence-corrected chi connectivity index (χ0v) is 15.5. The Morgan fingerprint density at radius 2 is 1.96 bits per heavy atom. The van der Waals surface area contributed by atoms with Crippen molar-refractivity contribution in [2.75, 3.05) is 42.8 Å². The quantitative estimate of drug-likeness (QED) is 0.878. The summed E-state index contributed by atoms with van der Waals surface area (Å²) >= 11 is 0. The summed E-state index contributed by atoms with van der Waals surface area (Å²) in [4.78, 5) is 19.4. The van der Waals surface area contributed by atoms with Crippen LogP contribution in [0.3, 0.4) is 0 Å². The Hall–Kier alpha value is -2.45. The molecule has 3 rings (SSSR count). The predicted molar refractivity (Wildman–Crippen MR) is 99.5 cm³/mol. The van der Waals surface area contributed by atoms with E-state index in [1.165, 1.54) is 12.1 Å². The number of rotatable bonds is 4. The van der Waals surface area contributed by atoms with Gasteiger partial charge in [0, 0.05) is 31.2 Å². The molecule has 0 spiro atoms. The van der Waals surface area contributed by atoms with E-state index in [4.69, 9.17) is 4.74 Å². The molecule has 1 N–H and O–H groups in total. The fraction of sp³-hybridized carbons (Fsp3) is 0.333. The smallest absolute Gasteiger partial charge is 0.259 e. The van der Waals surface area contributed by atoms with Crippen LogP contribution in [-0.2, 0) is 14.6 Å². The van der Waals surface area contributed by atoms with Gasteiger partial charge in [-0.2, -0.15) is 0 Å². The van der Waals surface area contributed by atoms with E-state index in [0.29, 0.717) is 43.4 Å². The van der Waals surface area contributed by atoms with Gasteiger partial charge in [0.15, 0.2) is 9.84 Å². The van der Waals surface area contributed by atoms with Crippen molar-refractivity contribution in [1.29, 1.82) is 0 Å². The average Bonchev–Trinajstić information content (AvgIpc) is 2.63. The molecule has 7 nitrogen and oxygen atoms in total. The van der Waals surface area contributed by atoms with Crippen molar-refractivity contribution in [1.82, 2.24) is 4.98 Å². The highest BCUT2D eigenvalue weighted by Crippen LogP contribution is 2.23. The topological polar surface area (TPSA) is 88.6 Å². The summed E-state index contributed by atoms with van der Waals surface area (Å²) < 4.78 is 28.9. The number of hydrogen-bond acceptors (Lipinski definition) is 6. The summed E-state index contributed by atoms with van der Waals surface area (Å²) in [5, 5.41) is 2.82. The molecule has 1 fully saturated rings. The van der Waals surface area contributed by atoms with Crippen molar-refractivity contribution >= 4 is 27.2 Å². The zero-order chi connectivity index (χ0) is 18.7. The van der Waals surface area contributed by atoms with Gasteiger partial charge in [-0.3, -0.25) is 4.79 Å². The Morgan fingerprint density at radius 1 is 1.23 bits per heavy atom. The highest BCUT2D eigenvalue weighted by molar-refractivity contribution is 7.90. The second kappa shape index (κ2) is 7.43. The summed E-state index contributed by atoms with van der Waals surface area (Å²) in [7, 11) is -3.35. The van der Waals surface area contributed by atoms with Crippen LogP contribution in [0.15, 0.2) is 41.4 Å². The molecule has 0 aliphatic carbocycles. The van der Waals surface area contributed by atoms with Gasteiger partial charge in [0.05, 0.1) is 23.7 Å². The van der Waals surface area contributed by atoms with Crippen LogP contribution < -0.4 is 10.2 Å². The number of ether oxygens (including phenoxy) is 1. The van der Waals surface area contributed by atoms with E-state index >= 15 is 0 Å². The van der Waals surface area contributed by atoms with Crippen molar-refractivity contribution in [3.05, 3.63) is 47.7 Å². The van der Waals surface area contributed by atoms with E-state index < -0.39 is 9.84 Å². The Bertz CT molecular complexity index is 922. The number of aromatic nitrogens is 1. The summed E-state index contributed by atoms with van der Waals surface area (Å²) in [6, 6.07) is 8.11. The van der Waals surface area contributed by atoms with Gasteiger partial charge in [-0.25, -0.2) is 13.4 Å². The fourth-order valence-electron chi connectivity index (χ4n) is 2.76. The van der Waals surface area contributed by atoms with Crippen LogP contribution in [0.25, 0.3) is 0 Å². The number of amides is 1. The van der Waals surface area contributed by atoms with E-state index in [1.807, 2.05) is 11.8 Å². The minimum Gasteiger partial charge on any atom is -0.378 e. The highest BCUT2D eigenvalue weighted by Gasteiger charge is 2.20. The largest absolute Gasteiger partial charge is 0.378 e. The maximum absolute atomic E-state index is 12.8. The molecule has 2 aromatic rings. The monoisotopic (exact) mass is 375 g/mol. The van der Waals surface area contributed by atoms with Crippen LogP contribution in [-0.4, -0.2) is 51.9 Å². The molecule has 0 bridgehead atoms. The van der Waals surface area contributed by atoms with Gasteiger partial charge >= 0.3 is 0 Å². The third kappa shape index (κ3) is 4.03. The third-order valence-corrected chi connectivity index (χ3v) is 5.34. The van der Waals surface area contributed by atoms with Crippen molar-refractivity contribution < 1.29 is 17.9 Å². The van der Waals surface area contributed by atoms with Crippen molar-refractivity contribution in [3.8, 4) is 0 Å². The molecular formula is C18H21N3O4S. The van der Waals surface area contributed by atoms with Gasteiger partial charge in [-0.05, 0) is 36.8 Å². The number of carbonyl (C=O) groups is 1. The zero-order valence-electron chi connectivity index (χ0n) is 14.7. The lowest BCUT2D eigenvalue weighted by atomic mass is 10.1. The van der Waals surface area contributed by atoms with Crippen molar-refractivity contribution in [3.63, 3.8) is 0 Å². The molecule has 0 saturated carbocycles. The van der Waals surface area contributed by atoms with Gasteiger partial charge < -0.3 is 15.0 Å². The lowest BCUT2D eigenvalue weighted by Crippen LogP contribution is -2.38. The Morgan fingerprint density at radius 3 is 2.65 bits per heavy atom. The number of nitrogens with one attached hydrogen (secondary N) is 1. The first-order chi connectivity index (χ1) is 12.4. The van der Waals surface area contributed by atoms with E-state index in [2.05, 4.69) is 10.3 Å². The van der Waals surface area contributed by atoms with Crippen LogP contribution in [0.5, 0.6) is 0 Å². The lowest BCUT2D eigenvalue weighted by Gasteiger charge is -2.29. The second-order valence-corrected chi connectivity index (χ2v) is 8.19. The van der Waals surface area contributed by atoms with Gasteiger partial charge in [-0.1, -0.05) is 6.07 Å². The molecule has 138 valence electrons. The minimum absolute atomic E-state index is 0.165. The van der Waals surface area contributed by atoms with E-state index in [9.17, 15) is 13.2 Å². The number of pyridine rings is 1. The molecule has 0 radical (unpaired) electrons. The standard InChI is InChI=1S/C18H21N3O4S/c1-13-5-6-14(26(2,23)24)12-16(13)20-18(22)15-4-3-7-19-17(15)21-8-10-25-11-9-21/h3-7,12H,8-11H2,1-2H3,(H,20,22). The molecule has 1 aromatic heterocycles. The van der Waals surface area contributed by atoms with Crippen molar-refractivity contribution in [2.24, 2.45) is 0 Å². The number of benzene rings is 1. The minimum atomic E-state index is -3.35. The van der Waals surface area contributed by atoms with Crippen LogP contribution >= 0.6 is 0 Å². The van der Waals surface area contributed by atoms with E-state index in [1.54, 1.807) is 24.4 Å². The van der Waals surface area contributed by atoms with Crippen LogP contribution in [0.1, 0.15) is 15.9 Å². The molecule has 1 aliphatic heterocycles. The number of hydrogen-bond donors (Lipinski definition) is 1. The lowest BCUT2D eigenvalue weighted by molar-refractivity contribution is 0.102. The van der Waals surface area contributed by atoms with E-state index in [0.717, 1.165) is 11.8 Å².